The molecule has 2 heterocycles. The number of carbonyl (C=O) groups is 1. The number of rotatable bonds is 5. The zero-order valence-corrected chi connectivity index (χ0v) is 15.8. The second kappa shape index (κ2) is 6.64. The van der Waals surface area contributed by atoms with Crippen molar-refractivity contribution in [3.05, 3.63) is 46.5 Å². The molecule has 1 saturated carbocycles. The Bertz CT molecular complexity index is 875. The van der Waals surface area contributed by atoms with E-state index in [1.165, 1.54) is 12.1 Å². The first-order valence-electron chi connectivity index (χ1n) is 9.28. The first kappa shape index (κ1) is 18.0. The number of aromatic amines is 1. The van der Waals surface area contributed by atoms with Gasteiger partial charge in [-0.05, 0) is 56.9 Å². The van der Waals surface area contributed by atoms with Crippen LogP contribution in [0.2, 0.25) is 0 Å². The van der Waals surface area contributed by atoms with Gasteiger partial charge in [0.2, 0.25) is 0 Å². The van der Waals surface area contributed by atoms with Crippen LogP contribution in [0.25, 0.3) is 0 Å². The molecule has 2 atom stereocenters. The summed E-state index contributed by atoms with van der Waals surface area (Å²) in [4.78, 5) is 12.9. The van der Waals surface area contributed by atoms with Gasteiger partial charge in [-0.2, -0.15) is 5.10 Å². The molecule has 6 nitrogen and oxygen atoms in total. The summed E-state index contributed by atoms with van der Waals surface area (Å²) in [5, 5.41) is 10.3. The van der Waals surface area contributed by atoms with Crippen molar-refractivity contribution in [1.29, 1.82) is 0 Å². The number of H-pyrrole nitrogens is 1. The third-order valence-electron chi connectivity index (χ3n) is 5.45. The van der Waals surface area contributed by atoms with Crippen LogP contribution in [0.3, 0.4) is 0 Å². The fraction of sp³-hybridized carbons (Fsp3) is 0.500. The molecule has 0 unspecified atom stereocenters. The zero-order chi connectivity index (χ0) is 19.2. The highest BCUT2D eigenvalue weighted by Gasteiger charge is 2.45. The SMILES string of the molecule is COc1ccc(F)cc1CC1(NC(=O)c2n[nH]c3c2C[C@H](C)O[C@@H]3C)CC1. The number of hydrogen-bond acceptors (Lipinski definition) is 4. The third kappa shape index (κ3) is 3.43. The second-order valence-corrected chi connectivity index (χ2v) is 7.62. The lowest BCUT2D eigenvalue weighted by Crippen LogP contribution is -2.39. The van der Waals surface area contributed by atoms with Crippen LogP contribution in [0.1, 0.15) is 60.1 Å². The first-order valence-corrected chi connectivity index (χ1v) is 9.28. The van der Waals surface area contributed by atoms with Gasteiger partial charge in [0.15, 0.2) is 5.69 Å². The number of halogens is 1. The van der Waals surface area contributed by atoms with Crippen LogP contribution in [-0.4, -0.2) is 34.9 Å². The predicted octanol–water partition coefficient (Wildman–Crippen LogP) is 3.08. The smallest absolute Gasteiger partial charge is 0.272 e. The van der Waals surface area contributed by atoms with E-state index in [9.17, 15) is 9.18 Å². The second-order valence-electron chi connectivity index (χ2n) is 7.62. The molecule has 2 N–H and O–H groups in total. The fourth-order valence-electron chi connectivity index (χ4n) is 3.91. The van der Waals surface area contributed by atoms with Crippen molar-refractivity contribution in [2.45, 2.75) is 57.3 Å². The topological polar surface area (TPSA) is 76.2 Å². The molecule has 1 aliphatic carbocycles. The zero-order valence-electron chi connectivity index (χ0n) is 15.8. The highest BCUT2D eigenvalue weighted by atomic mass is 19.1. The van der Waals surface area contributed by atoms with E-state index in [4.69, 9.17) is 9.47 Å². The lowest BCUT2D eigenvalue weighted by Gasteiger charge is -2.25. The Balaban J connectivity index is 1.53. The maximum Gasteiger partial charge on any atom is 0.272 e. The van der Waals surface area contributed by atoms with Crippen molar-refractivity contribution in [2.75, 3.05) is 7.11 Å². The Morgan fingerprint density at radius 1 is 1.44 bits per heavy atom. The normalized spacial score (nSPS) is 22.8. The van der Waals surface area contributed by atoms with Crippen molar-refractivity contribution < 1.29 is 18.7 Å². The minimum Gasteiger partial charge on any atom is -0.496 e. The molecule has 1 aromatic carbocycles. The summed E-state index contributed by atoms with van der Waals surface area (Å²) in [6.07, 6.45) is 2.82. The maximum atomic E-state index is 13.7. The van der Waals surface area contributed by atoms with Crippen LogP contribution >= 0.6 is 0 Å². The predicted molar refractivity (Wildman–Crippen MR) is 97.3 cm³/mol. The van der Waals surface area contributed by atoms with E-state index in [1.54, 1.807) is 13.2 Å². The van der Waals surface area contributed by atoms with Crippen LogP contribution in [0, 0.1) is 5.82 Å². The van der Waals surface area contributed by atoms with Gasteiger partial charge in [-0.25, -0.2) is 4.39 Å². The largest absolute Gasteiger partial charge is 0.496 e. The number of methoxy groups -OCH3 is 1. The van der Waals surface area contributed by atoms with Gasteiger partial charge in [-0.1, -0.05) is 0 Å². The Kier molecular flexibility index (Phi) is 4.42. The number of benzene rings is 1. The minimum absolute atomic E-state index is 0.0445. The Morgan fingerprint density at radius 2 is 2.22 bits per heavy atom. The molecule has 0 saturated heterocycles. The summed E-state index contributed by atoms with van der Waals surface area (Å²) in [6.45, 7) is 3.94. The molecule has 144 valence electrons. The van der Waals surface area contributed by atoms with Gasteiger partial charge in [0.1, 0.15) is 11.6 Å². The van der Waals surface area contributed by atoms with E-state index in [2.05, 4.69) is 15.5 Å². The van der Waals surface area contributed by atoms with Crippen LogP contribution < -0.4 is 10.1 Å². The molecule has 4 rings (SSSR count). The van der Waals surface area contributed by atoms with E-state index in [1.807, 2.05) is 13.8 Å². The van der Waals surface area contributed by atoms with Crippen LogP contribution in [0.15, 0.2) is 18.2 Å². The molecule has 1 fully saturated rings. The van der Waals surface area contributed by atoms with Gasteiger partial charge in [0.05, 0.1) is 25.0 Å². The molecule has 0 radical (unpaired) electrons. The number of amides is 1. The van der Waals surface area contributed by atoms with Gasteiger partial charge < -0.3 is 14.8 Å². The summed E-state index contributed by atoms with van der Waals surface area (Å²) < 4.78 is 24.8. The van der Waals surface area contributed by atoms with Gasteiger partial charge in [0.25, 0.3) is 5.91 Å². The van der Waals surface area contributed by atoms with Crippen LogP contribution in [0.4, 0.5) is 4.39 Å². The monoisotopic (exact) mass is 373 g/mol. The summed E-state index contributed by atoms with van der Waals surface area (Å²) in [6, 6.07) is 4.47. The van der Waals surface area contributed by atoms with E-state index >= 15 is 0 Å². The molecule has 1 amide bonds. The Morgan fingerprint density at radius 3 is 2.93 bits per heavy atom. The summed E-state index contributed by atoms with van der Waals surface area (Å²) in [5.41, 5.74) is 2.62. The highest BCUT2D eigenvalue weighted by molar-refractivity contribution is 5.94. The van der Waals surface area contributed by atoms with E-state index in [-0.39, 0.29) is 29.5 Å². The van der Waals surface area contributed by atoms with E-state index in [0.29, 0.717) is 24.3 Å². The summed E-state index contributed by atoms with van der Waals surface area (Å²) in [7, 11) is 1.56. The molecular weight excluding hydrogens is 349 g/mol. The molecule has 7 heteroatoms. The lowest BCUT2D eigenvalue weighted by molar-refractivity contribution is -0.00697. The van der Waals surface area contributed by atoms with Gasteiger partial charge in [0, 0.05) is 17.5 Å². The minimum atomic E-state index is -0.369. The van der Waals surface area contributed by atoms with Gasteiger partial charge >= 0.3 is 0 Å². The number of nitrogens with zero attached hydrogens (tertiary/aromatic N) is 1. The Hall–Kier alpha value is -2.41. The standard InChI is InChI=1S/C20H24FN3O3/c1-11-8-15-17(12(2)27-11)23-24-18(15)19(25)22-20(6-7-20)10-13-9-14(21)4-5-16(13)26-3/h4-5,9,11-12H,6-8,10H2,1-3H3,(H,22,25)(H,23,24)/t11-,12+/m0/s1. The lowest BCUT2D eigenvalue weighted by atomic mass is 9.98. The maximum absolute atomic E-state index is 13.7. The first-order chi connectivity index (χ1) is 12.9. The van der Waals surface area contributed by atoms with Gasteiger partial charge in [-0.3, -0.25) is 9.89 Å². The Labute approximate surface area is 157 Å². The van der Waals surface area contributed by atoms with Crippen molar-refractivity contribution in [2.24, 2.45) is 0 Å². The van der Waals surface area contributed by atoms with Crippen LogP contribution in [-0.2, 0) is 17.6 Å². The number of fused-ring (bicyclic) bond motifs is 1. The number of hydrogen-bond donors (Lipinski definition) is 2. The molecule has 27 heavy (non-hydrogen) atoms. The van der Waals surface area contributed by atoms with Crippen molar-refractivity contribution in [3.63, 3.8) is 0 Å². The average molecular weight is 373 g/mol. The van der Waals surface area contributed by atoms with E-state index < -0.39 is 0 Å². The van der Waals surface area contributed by atoms with E-state index in [0.717, 1.165) is 29.7 Å². The molecule has 1 aliphatic heterocycles. The quantitative estimate of drug-likeness (QED) is 0.844. The molecule has 2 aromatic rings. The van der Waals surface area contributed by atoms with Crippen molar-refractivity contribution in [3.8, 4) is 5.75 Å². The molecule has 2 aliphatic rings. The number of nitrogens with one attached hydrogen (secondary N) is 2. The molecular formula is C20H24FN3O3. The number of carbonyl (C=O) groups excluding carboxylic acids is 1. The average Bonchev–Trinajstić information content (AvgIpc) is 3.21. The molecule has 0 bridgehead atoms. The van der Waals surface area contributed by atoms with Crippen molar-refractivity contribution in [1.82, 2.24) is 15.5 Å². The van der Waals surface area contributed by atoms with Crippen LogP contribution in [0.5, 0.6) is 5.75 Å². The van der Waals surface area contributed by atoms with Crippen molar-refractivity contribution >= 4 is 5.91 Å². The molecule has 0 spiro atoms. The summed E-state index contributed by atoms with van der Waals surface area (Å²) in [5.74, 6) is 0.132. The molecule has 1 aromatic heterocycles. The highest BCUT2D eigenvalue weighted by Crippen LogP contribution is 2.41. The number of aromatic nitrogens is 2. The summed E-state index contributed by atoms with van der Waals surface area (Å²) >= 11 is 0. The number of ether oxygens (including phenoxy) is 2. The third-order valence-corrected chi connectivity index (χ3v) is 5.45. The van der Waals surface area contributed by atoms with Gasteiger partial charge in [-0.15, -0.1) is 0 Å². The fourth-order valence-corrected chi connectivity index (χ4v) is 3.91.